The zero-order valence-electron chi connectivity index (χ0n) is 18.2. The van der Waals surface area contributed by atoms with Crippen LogP contribution in [0.2, 0.25) is 0 Å². The molecule has 0 radical (unpaired) electrons. The second kappa shape index (κ2) is 9.25. The Labute approximate surface area is 194 Å². The zero-order valence-corrected chi connectivity index (χ0v) is 18.2. The van der Waals surface area contributed by atoms with Gasteiger partial charge in [0, 0.05) is 5.69 Å². The van der Waals surface area contributed by atoms with Crippen LogP contribution in [0.1, 0.15) is 11.5 Å². The van der Waals surface area contributed by atoms with E-state index in [9.17, 15) is 14.9 Å². The second-order valence-corrected chi connectivity index (χ2v) is 7.11. The Kier molecular flexibility index (Phi) is 6.05. The molecule has 2 heterocycles. The van der Waals surface area contributed by atoms with Gasteiger partial charge in [0.25, 0.3) is 0 Å². The van der Waals surface area contributed by atoms with Crippen LogP contribution in [0.4, 0.5) is 5.69 Å². The predicted octanol–water partition coefficient (Wildman–Crippen LogP) is 1.56. The molecule has 1 aliphatic rings. The van der Waals surface area contributed by atoms with Gasteiger partial charge >= 0.3 is 11.9 Å². The molecule has 0 spiro atoms. The summed E-state index contributed by atoms with van der Waals surface area (Å²) in [6.45, 7) is 0. The number of nitrogens with two attached hydrogens (primary N) is 1. The van der Waals surface area contributed by atoms with E-state index >= 15 is 0 Å². The lowest BCUT2D eigenvalue weighted by atomic mass is 9.81. The summed E-state index contributed by atoms with van der Waals surface area (Å²) in [6.07, 6.45) is 1.43. The van der Waals surface area contributed by atoms with Crippen molar-refractivity contribution in [3.8, 4) is 11.8 Å². The maximum Gasteiger partial charge on any atom is 0.355 e. The number of nitriles is 1. The normalized spacial score (nSPS) is 15.7. The van der Waals surface area contributed by atoms with E-state index in [-0.39, 0.29) is 22.7 Å². The minimum atomic E-state index is -0.926. The van der Waals surface area contributed by atoms with E-state index in [4.69, 9.17) is 15.2 Å². The molecule has 1 atom stereocenters. The van der Waals surface area contributed by atoms with Gasteiger partial charge in [-0.05, 0) is 40.3 Å². The summed E-state index contributed by atoms with van der Waals surface area (Å²) in [5.74, 6) is -2.54. The molecule has 170 valence electrons. The lowest BCUT2D eigenvalue weighted by Gasteiger charge is -2.35. The van der Waals surface area contributed by atoms with Crippen molar-refractivity contribution in [3.05, 3.63) is 89.2 Å². The van der Waals surface area contributed by atoms with Crippen LogP contribution in [0.25, 0.3) is 5.69 Å². The van der Waals surface area contributed by atoms with E-state index in [1.165, 1.54) is 30.1 Å². The predicted molar refractivity (Wildman–Crippen MR) is 119 cm³/mol. The second-order valence-electron chi connectivity index (χ2n) is 7.11. The Morgan fingerprint density at radius 3 is 2.21 bits per heavy atom. The first-order valence-corrected chi connectivity index (χ1v) is 10.0. The SMILES string of the molecule is COC(=O)C1=C(C(=O)OC)N(c2ccc(-n3cnnn3)cc2)C(N)=C(C#N)C1c1ccccc1. The number of rotatable bonds is 5. The average molecular weight is 457 g/mol. The van der Waals surface area contributed by atoms with Crippen molar-refractivity contribution in [3.63, 3.8) is 0 Å². The Bertz CT molecular complexity index is 1320. The van der Waals surface area contributed by atoms with E-state index in [1.807, 2.05) is 0 Å². The quantitative estimate of drug-likeness (QED) is 0.559. The van der Waals surface area contributed by atoms with Gasteiger partial charge in [0.1, 0.15) is 17.8 Å². The fourth-order valence-corrected chi connectivity index (χ4v) is 3.82. The Morgan fingerprint density at radius 1 is 1.00 bits per heavy atom. The summed E-state index contributed by atoms with van der Waals surface area (Å²) in [4.78, 5) is 27.4. The fourth-order valence-electron chi connectivity index (χ4n) is 3.82. The Hall–Kier alpha value is -4.98. The molecule has 1 aliphatic heterocycles. The summed E-state index contributed by atoms with van der Waals surface area (Å²) < 4.78 is 11.5. The minimum absolute atomic E-state index is 0.0143. The highest BCUT2D eigenvalue weighted by atomic mass is 16.5. The molecule has 0 saturated carbocycles. The Balaban J connectivity index is 1.96. The molecule has 0 aliphatic carbocycles. The monoisotopic (exact) mass is 457 g/mol. The average Bonchev–Trinajstić information content (AvgIpc) is 3.42. The number of carbonyl (C=O) groups is 2. The first-order valence-electron chi connectivity index (χ1n) is 10.0. The van der Waals surface area contributed by atoms with Crippen LogP contribution in [0.3, 0.4) is 0 Å². The van der Waals surface area contributed by atoms with Crippen LogP contribution >= 0.6 is 0 Å². The van der Waals surface area contributed by atoms with E-state index in [2.05, 4.69) is 21.6 Å². The van der Waals surface area contributed by atoms with Crippen LogP contribution in [0.5, 0.6) is 0 Å². The van der Waals surface area contributed by atoms with Crippen LogP contribution < -0.4 is 10.6 Å². The molecule has 11 heteroatoms. The van der Waals surface area contributed by atoms with Crippen LogP contribution in [-0.4, -0.2) is 46.4 Å². The molecular weight excluding hydrogens is 438 g/mol. The highest BCUT2D eigenvalue weighted by Gasteiger charge is 2.42. The number of carbonyl (C=O) groups excluding carboxylic acids is 2. The molecule has 1 unspecified atom stereocenters. The summed E-state index contributed by atoms with van der Waals surface area (Å²) in [5, 5.41) is 21.1. The van der Waals surface area contributed by atoms with Crippen molar-refractivity contribution in [2.45, 2.75) is 5.92 Å². The van der Waals surface area contributed by atoms with Crippen molar-refractivity contribution >= 4 is 17.6 Å². The smallest absolute Gasteiger partial charge is 0.355 e. The maximum atomic E-state index is 13.0. The van der Waals surface area contributed by atoms with E-state index < -0.39 is 17.9 Å². The maximum absolute atomic E-state index is 13.0. The third kappa shape index (κ3) is 3.73. The van der Waals surface area contributed by atoms with Crippen molar-refractivity contribution in [2.75, 3.05) is 19.1 Å². The van der Waals surface area contributed by atoms with Crippen molar-refractivity contribution in [1.29, 1.82) is 5.26 Å². The number of allylic oxidation sites excluding steroid dienone is 1. The lowest BCUT2D eigenvalue weighted by Crippen LogP contribution is -2.40. The van der Waals surface area contributed by atoms with Gasteiger partial charge < -0.3 is 15.2 Å². The fraction of sp³-hybridized carbons (Fsp3) is 0.130. The summed E-state index contributed by atoms with van der Waals surface area (Å²) in [5.41, 5.74) is 8.00. The minimum Gasteiger partial charge on any atom is -0.466 e. The molecule has 4 rings (SSSR count). The summed E-state index contributed by atoms with van der Waals surface area (Å²) in [6, 6.07) is 17.6. The summed E-state index contributed by atoms with van der Waals surface area (Å²) >= 11 is 0. The molecule has 11 nitrogen and oxygen atoms in total. The molecule has 34 heavy (non-hydrogen) atoms. The zero-order chi connectivity index (χ0) is 24.2. The number of anilines is 1. The third-order valence-electron chi connectivity index (χ3n) is 5.33. The van der Waals surface area contributed by atoms with Gasteiger partial charge in [-0.3, -0.25) is 4.90 Å². The van der Waals surface area contributed by atoms with Gasteiger partial charge in [-0.1, -0.05) is 30.3 Å². The molecule has 0 saturated heterocycles. The van der Waals surface area contributed by atoms with Gasteiger partial charge in [0.2, 0.25) is 0 Å². The van der Waals surface area contributed by atoms with E-state index in [0.717, 1.165) is 0 Å². The molecule has 0 bridgehead atoms. The lowest BCUT2D eigenvalue weighted by molar-refractivity contribution is -0.139. The van der Waals surface area contributed by atoms with Gasteiger partial charge in [0.15, 0.2) is 0 Å². The third-order valence-corrected chi connectivity index (χ3v) is 5.33. The largest absolute Gasteiger partial charge is 0.466 e. The van der Waals surface area contributed by atoms with Gasteiger partial charge in [-0.25, -0.2) is 14.3 Å². The van der Waals surface area contributed by atoms with Crippen LogP contribution in [0.15, 0.2) is 83.6 Å². The molecule has 2 aromatic carbocycles. The molecule has 3 aromatic rings. The Morgan fingerprint density at radius 2 is 1.65 bits per heavy atom. The highest BCUT2D eigenvalue weighted by Crippen LogP contribution is 2.43. The van der Waals surface area contributed by atoms with Gasteiger partial charge in [-0.15, -0.1) is 5.10 Å². The topological polar surface area (TPSA) is 149 Å². The van der Waals surface area contributed by atoms with E-state index in [1.54, 1.807) is 54.6 Å². The van der Waals surface area contributed by atoms with Crippen molar-refractivity contribution in [2.24, 2.45) is 5.73 Å². The number of tetrazole rings is 1. The number of hydrogen-bond acceptors (Lipinski definition) is 10. The van der Waals surface area contributed by atoms with E-state index in [0.29, 0.717) is 16.9 Å². The number of esters is 2. The van der Waals surface area contributed by atoms with Crippen molar-refractivity contribution in [1.82, 2.24) is 20.2 Å². The number of ether oxygens (including phenoxy) is 2. The number of hydrogen-bond donors (Lipinski definition) is 1. The molecule has 1 aromatic heterocycles. The first-order chi connectivity index (χ1) is 16.5. The highest BCUT2D eigenvalue weighted by molar-refractivity contribution is 6.06. The van der Waals surface area contributed by atoms with Crippen molar-refractivity contribution < 1.29 is 19.1 Å². The van der Waals surface area contributed by atoms with Crippen LogP contribution in [0, 0.1) is 11.3 Å². The molecular formula is C23H19N7O4. The van der Waals surface area contributed by atoms with Gasteiger partial charge in [-0.2, -0.15) is 5.26 Å². The molecule has 0 amide bonds. The standard InChI is InChI=1S/C23H19N7O4/c1-33-22(31)19-18(14-6-4-3-5-7-14)17(12-24)21(25)30(20(19)23(32)34-2)16-10-8-15(9-11-16)29-13-26-27-28-29/h3-11,13,18H,25H2,1-2H3. The number of aromatic nitrogens is 4. The number of nitrogens with zero attached hydrogens (tertiary/aromatic N) is 6. The summed E-state index contributed by atoms with van der Waals surface area (Å²) in [7, 11) is 2.39. The van der Waals surface area contributed by atoms with Gasteiger partial charge in [0.05, 0.1) is 43.0 Å². The number of benzene rings is 2. The number of methoxy groups -OCH3 is 2. The molecule has 2 N–H and O–H groups in total. The first kappa shape index (κ1) is 22.2. The molecule has 0 fully saturated rings. The van der Waals surface area contributed by atoms with Crippen LogP contribution in [-0.2, 0) is 19.1 Å².